The van der Waals surface area contributed by atoms with Gasteiger partial charge in [0.1, 0.15) is 12.4 Å². The van der Waals surface area contributed by atoms with Gasteiger partial charge in [-0.25, -0.2) is 0 Å². The fraction of sp³-hybridized carbons (Fsp3) is 0.368. The van der Waals surface area contributed by atoms with Crippen LogP contribution in [0, 0.1) is 0 Å². The second-order valence-corrected chi connectivity index (χ2v) is 7.04. The third kappa shape index (κ3) is 5.42. The quantitative estimate of drug-likeness (QED) is 0.675. The van der Waals surface area contributed by atoms with E-state index in [-0.39, 0.29) is 5.54 Å². The van der Waals surface area contributed by atoms with Crippen LogP contribution in [0.1, 0.15) is 38.3 Å². The van der Waals surface area contributed by atoms with Crippen molar-refractivity contribution in [1.29, 1.82) is 0 Å². The Morgan fingerprint density at radius 1 is 1.04 bits per heavy atom. The van der Waals surface area contributed by atoms with Gasteiger partial charge in [-0.3, -0.25) is 0 Å². The summed E-state index contributed by atoms with van der Waals surface area (Å²) in [5.74, 6) is 0.814. The summed E-state index contributed by atoms with van der Waals surface area (Å²) in [7, 11) is 0. The number of halogens is 2. The van der Waals surface area contributed by atoms with Gasteiger partial charge in [0.2, 0.25) is 0 Å². The molecule has 1 N–H and O–H groups in total. The maximum absolute atomic E-state index is 6.17. The van der Waals surface area contributed by atoms with E-state index in [0.29, 0.717) is 16.7 Å². The standard InChI is InChI=1S/C19H23Cl2NO/c1-4-19(2,3)22-12-14-7-5-8-15(11-14)23-13-16-17(20)9-6-10-18(16)21/h5-11,22H,4,12-13H2,1-3H3. The molecule has 0 aliphatic rings. The number of rotatable bonds is 7. The minimum absolute atomic E-state index is 0.127. The van der Waals surface area contributed by atoms with Gasteiger partial charge in [-0.2, -0.15) is 0 Å². The van der Waals surface area contributed by atoms with E-state index in [1.807, 2.05) is 36.4 Å². The SMILES string of the molecule is CCC(C)(C)NCc1cccc(OCc2c(Cl)cccc2Cl)c1. The molecule has 124 valence electrons. The first-order chi connectivity index (χ1) is 10.9. The summed E-state index contributed by atoms with van der Waals surface area (Å²) in [6.45, 7) is 7.75. The first-order valence-corrected chi connectivity index (χ1v) is 8.56. The smallest absolute Gasteiger partial charge is 0.120 e. The van der Waals surface area contributed by atoms with Crippen molar-refractivity contribution in [3.8, 4) is 5.75 Å². The Hall–Kier alpha value is -1.22. The summed E-state index contributed by atoms with van der Waals surface area (Å²) in [6.07, 6.45) is 1.08. The van der Waals surface area contributed by atoms with Gasteiger partial charge in [-0.05, 0) is 50.1 Å². The highest BCUT2D eigenvalue weighted by Gasteiger charge is 2.13. The largest absolute Gasteiger partial charge is 0.489 e. The molecule has 0 radical (unpaired) electrons. The Bertz CT molecular complexity index is 635. The highest BCUT2D eigenvalue weighted by molar-refractivity contribution is 6.35. The molecule has 0 amide bonds. The Morgan fingerprint density at radius 3 is 2.35 bits per heavy atom. The fourth-order valence-electron chi connectivity index (χ4n) is 2.04. The number of hydrogen-bond donors (Lipinski definition) is 1. The molecule has 2 rings (SSSR count). The topological polar surface area (TPSA) is 21.3 Å². The lowest BCUT2D eigenvalue weighted by Crippen LogP contribution is -2.37. The third-order valence-corrected chi connectivity index (χ3v) is 4.71. The van der Waals surface area contributed by atoms with Crippen LogP contribution < -0.4 is 10.1 Å². The van der Waals surface area contributed by atoms with E-state index in [9.17, 15) is 0 Å². The Labute approximate surface area is 148 Å². The number of ether oxygens (including phenoxy) is 1. The molecule has 2 nitrogen and oxygen atoms in total. The van der Waals surface area contributed by atoms with Crippen LogP contribution in [-0.4, -0.2) is 5.54 Å². The van der Waals surface area contributed by atoms with Crippen LogP contribution >= 0.6 is 23.2 Å². The van der Waals surface area contributed by atoms with Gasteiger partial charge in [0.25, 0.3) is 0 Å². The van der Waals surface area contributed by atoms with Gasteiger partial charge >= 0.3 is 0 Å². The molecular weight excluding hydrogens is 329 g/mol. The maximum Gasteiger partial charge on any atom is 0.120 e. The van der Waals surface area contributed by atoms with Gasteiger partial charge in [0.15, 0.2) is 0 Å². The van der Waals surface area contributed by atoms with Crippen molar-refractivity contribution in [2.75, 3.05) is 0 Å². The van der Waals surface area contributed by atoms with Crippen molar-refractivity contribution >= 4 is 23.2 Å². The monoisotopic (exact) mass is 351 g/mol. The van der Waals surface area contributed by atoms with Crippen molar-refractivity contribution in [2.45, 2.75) is 45.9 Å². The summed E-state index contributed by atoms with van der Waals surface area (Å²) in [4.78, 5) is 0. The van der Waals surface area contributed by atoms with E-state index >= 15 is 0 Å². The van der Waals surface area contributed by atoms with E-state index in [1.165, 1.54) is 5.56 Å². The van der Waals surface area contributed by atoms with Gasteiger partial charge in [0, 0.05) is 27.7 Å². The van der Waals surface area contributed by atoms with Crippen molar-refractivity contribution in [1.82, 2.24) is 5.32 Å². The molecule has 23 heavy (non-hydrogen) atoms. The lowest BCUT2D eigenvalue weighted by molar-refractivity contribution is 0.305. The average molecular weight is 352 g/mol. The summed E-state index contributed by atoms with van der Waals surface area (Å²) < 4.78 is 5.86. The maximum atomic E-state index is 6.17. The molecule has 0 spiro atoms. The van der Waals surface area contributed by atoms with E-state index in [0.717, 1.165) is 24.3 Å². The first-order valence-electron chi connectivity index (χ1n) is 7.81. The van der Waals surface area contributed by atoms with E-state index in [1.54, 1.807) is 0 Å². The summed E-state index contributed by atoms with van der Waals surface area (Å²) in [6, 6.07) is 13.5. The fourth-order valence-corrected chi connectivity index (χ4v) is 2.54. The molecule has 0 saturated heterocycles. The molecule has 0 saturated carbocycles. The van der Waals surface area contributed by atoms with Crippen LogP contribution in [0.4, 0.5) is 0 Å². The highest BCUT2D eigenvalue weighted by Crippen LogP contribution is 2.26. The summed E-state index contributed by atoms with van der Waals surface area (Å²) >= 11 is 12.3. The molecule has 0 heterocycles. The summed E-state index contributed by atoms with van der Waals surface area (Å²) in [5.41, 5.74) is 2.13. The van der Waals surface area contributed by atoms with Crippen molar-refractivity contribution < 1.29 is 4.74 Å². The molecular formula is C19H23Cl2NO. The predicted molar refractivity (Wildman–Crippen MR) is 98.4 cm³/mol. The van der Waals surface area contributed by atoms with Gasteiger partial charge < -0.3 is 10.1 Å². The zero-order chi connectivity index (χ0) is 16.9. The molecule has 0 unspecified atom stereocenters. The lowest BCUT2D eigenvalue weighted by atomic mass is 10.0. The number of benzene rings is 2. The molecule has 0 fully saturated rings. The molecule has 2 aromatic rings. The first kappa shape index (κ1) is 18.1. The molecule has 0 aliphatic carbocycles. The Balaban J connectivity index is 2.00. The zero-order valence-corrected chi connectivity index (χ0v) is 15.3. The van der Waals surface area contributed by atoms with Gasteiger partial charge in [-0.1, -0.05) is 48.3 Å². The van der Waals surface area contributed by atoms with Crippen LogP contribution in [0.5, 0.6) is 5.75 Å². The normalized spacial score (nSPS) is 11.5. The predicted octanol–water partition coefficient (Wildman–Crippen LogP) is 5.85. The van der Waals surface area contributed by atoms with Crippen molar-refractivity contribution in [3.63, 3.8) is 0 Å². The molecule has 0 bridgehead atoms. The van der Waals surface area contributed by atoms with Gasteiger partial charge in [0.05, 0.1) is 0 Å². The molecule has 2 aromatic carbocycles. The molecule has 0 atom stereocenters. The Morgan fingerprint density at radius 2 is 1.70 bits per heavy atom. The molecule has 0 aromatic heterocycles. The van der Waals surface area contributed by atoms with E-state index in [2.05, 4.69) is 32.2 Å². The summed E-state index contributed by atoms with van der Waals surface area (Å²) in [5, 5.41) is 4.80. The molecule has 4 heteroatoms. The third-order valence-electron chi connectivity index (χ3n) is 4.00. The van der Waals surface area contributed by atoms with Crippen LogP contribution in [0.25, 0.3) is 0 Å². The van der Waals surface area contributed by atoms with Crippen LogP contribution in [0.2, 0.25) is 10.0 Å². The van der Waals surface area contributed by atoms with Crippen LogP contribution in [0.15, 0.2) is 42.5 Å². The van der Waals surface area contributed by atoms with E-state index < -0.39 is 0 Å². The minimum atomic E-state index is 0.127. The van der Waals surface area contributed by atoms with E-state index in [4.69, 9.17) is 27.9 Å². The van der Waals surface area contributed by atoms with Crippen LogP contribution in [-0.2, 0) is 13.2 Å². The number of hydrogen-bond acceptors (Lipinski definition) is 2. The second-order valence-electron chi connectivity index (χ2n) is 6.23. The minimum Gasteiger partial charge on any atom is -0.489 e. The van der Waals surface area contributed by atoms with Gasteiger partial charge in [-0.15, -0.1) is 0 Å². The highest BCUT2D eigenvalue weighted by atomic mass is 35.5. The second kappa shape index (κ2) is 8.05. The van der Waals surface area contributed by atoms with Crippen molar-refractivity contribution in [2.24, 2.45) is 0 Å². The lowest BCUT2D eigenvalue weighted by Gasteiger charge is -2.24. The average Bonchev–Trinajstić information content (AvgIpc) is 2.53. The molecule has 0 aliphatic heterocycles. The zero-order valence-electron chi connectivity index (χ0n) is 13.8. The van der Waals surface area contributed by atoms with Crippen LogP contribution in [0.3, 0.4) is 0 Å². The Kier molecular flexibility index (Phi) is 6.34. The number of nitrogens with one attached hydrogen (secondary N) is 1. The van der Waals surface area contributed by atoms with Crippen molar-refractivity contribution in [3.05, 3.63) is 63.6 Å².